The van der Waals surface area contributed by atoms with Crippen LogP contribution in [0.25, 0.3) is 27.6 Å². The van der Waals surface area contributed by atoms with Gasteiger partial charge in [-0.1, -0.05) is 42.5 Å². The van der Waals surface area contributed by atoms with Gasteiger partial charge in [-0.05, 0) is 48.3 Å². The van der Waals surface area contributed by atoms with Crippen molar-refractivity contribution >= 4 is 38.1 Å². The highest BCUT2D eigenvalue weighted by atomic mass is 35.5. The van der Waals surface area contributed by atoms with Crippen molar-refractivity contribution in [3.8, 4) is 11.1 Å². The average Bonchev–Trinajstić information content (AvgIpc) is 3.35. The van der Waals surface area contributed by atoms with Crippen molar-refractivity contribution in [2.75, 3.05) is 6.61 Å². The molecule has 3 heterocycles. The van der Waals surface area contributed by atoms with Crippen LogP contribution < -0.4 is 11.1 Å². The molecule has 0 radical (unpaired) electrons. The van der Waals surface area contributed by atoms with E-state index < -0.39 is 25.7 Å². The number of H-pyrrole nitrogens is 1. The van der Waals surface area contributed by atoms with Crippen molar-refractivity contribution in [2.24, 2.45) is 0 Å². The molecule has 0 saturated carbocycles. The Bertz CT molecular complexity index is 1830. The first-order valence-electron chi connectivity index (χ1n) is 12.0. The number of allylic oxidation sites excluding steroid dienone is 3. The van der Waals surface area contributed by atoms with Gasteiger partial charge in [0.25, 0.3) is 11.1 Å². The fourth-order valence-corrected chi connectivity index (χ4v) is 7.41. The standard InChI is InChI=1S/C28H26ClN3O5S/c1-18-14-21(22-16-25(34)31(12-13-33)17-23(22)19-6-4-3-5-7-19)15-24(29)28(18,2)38(36,37)32-11-9-20-8-10-30-27(35)26(20)32/h3-11,14-17,24,33H,12-13H2,1-2H3,(H,30,35). The van der Waals surface area contributed by atoms with E-state index in [9.17, 15) is 23.1 Å². The van der Waals surface area contributed by atoms with E-state index in [2.05, 4.69) is 4.98 Å². The van der Waals surface area contributed by atoms with E-state index in [0.29, 0.717) is 22.1 Å². The normalized spacial score (nSPS) is 19.8. The van der Waals surface area contributed by atoms with Crippen molar-refractivity contribution in [1.29, 1.82) is 0 Å². The monoisotopic (exact) mass is 551 g/mol. The Morgan fingerprint density at radius 2 is 1.84 bits per heavy atom. The van der Waals surface area contributed by atoms with Crippen LogP contribution in [-0.2, 0) is 16.6 Å². The van der Waals surface area contributed by atoms with Crippen molar-refractivity contribution in [2.45, 2.75) is 30.5 Å². The first-order chi connectivity index (χ1) is 18.1. The van der Waals surface area contributed by atoms with Gasteiger partial charge in [-0.2, -0.15) is 0 Å². The highest BCUT2D eigenvalue weighted by molar-refractivity contribution is 7.91. The third-order valence-electron chi connectivity index (χ3n) is 7.24. The highest BCUT2D eigenvalue weighted by Crippen LogP contribution is 2.43. The van der Waals surface area contributed by atoms with Gasteiger partial charge in [-0.15, -0.1) is 11.6 Å². The zero-order valence-electron chi connectivity index (χ0n) is 20.8. The zero-order valence-corrected chi connectivity index (χ0v) is 22.3. The summed E-state index contributed by atoms with van der Waals surface area (Å²) in [4.78, 5) is 27.9. The minimum absolute atomic E-state index is 0.0269. The van der Waals surface area contributed by atoms with Gasteiger partial charge in [-0.3, -0.25) is 9.59 Å². The second-order valence-electron chi connectivity index (χ2n) is 9.41. The molecule has 0 aliphatic heterocycles. The van der Waals surface area contributed by atoms with E-state index in [1.807, 2.05) is 30.3 Å². The number of pyridine rings is 2. The smallest absolute Gasteiger partial charge is 0.273 e. The summed E-state index contributed by atoms with van der Waals surface area (Å²) >= 11 is 6.86. The van der Waals surface area contributed by atoms with E-state index in [4.69, 9.17) is 11.6 Å². The fourth-order valence-electron chi connectivity index (χ4n) is 4.89. The number of fused-ring (bicyclic) bond motifs is 1. The predicted molar refractivity (Wildman–Crippen MR) is 150 cm³/mol. The number of aromatic amines is 1. The third kappa shape index (κ3) is 3.98. The minimum Gasteiger partial charge on any atom is -0.395 e. The van der Waals surface area contributed by atoms with Gasteiger partial charge in [0.05, 0.1) is 12.0 Å². The Labute approximate surface area is 224 Å². The maximum absolute atomic E-state index is 14.0. The molecule has 38 heavy (non-hydrogen) atoms. The van der Waals surface area contributed by atoms with Gasteiger partial charge in [0.1, 0.15) is 10.3 Å². The number of nitrogens with zero attached hydrogens (tertiary/aromatic N) is 2. The number of hydrogen-bond acceptors (Lipinski definition) is 5. The number of rotatable bonds is 6. The van der Waals surface area contributed by atoms with Gasteiger partial charge >= 0.3 is 0 Å². The molecular weight excluding hydrogens is 526 g/mol. The van der Waals surface area contributed by atoms with E-state index in [0.717, 1.165) is 15.1 Å². The summed E-state index contributed by atoms with van der Waals surface area (Å²) < 4.78 is 28.9. The highest BCUT2D eigenvalue weighted by Gasteiger charge is 2.49. The lowest BCUT2D eigenvalue weighted by atomic mass is 9.85. The molecule has 10 heteroatoms. The van der Waals surface area contributed by atoms with Gasteiger partial charge in [-0.25, -0.2) is 12.4 Å². The SMILES string of the molecule is CC1=CC(c2cc(=O)n(CCO)cc2-c2ccccc2)=CC(Cl)C1(C)S(=O)(=O)n1ccc2cc[nH]c(=O)c21. The van der Waals surface area contributed by atoms with E-state index in [1.165, 1.54) is 23.0 Å². The molecule has 2 N–H and O–H groups in total. The molecule has 4 aromatic rings. The number of alkyl halides is 1. The summed E-state index contributed by atoms with van der Waals surface area (Å²) in [5, 5.41) is 8.89. The van der Waals surface area contributed by atoms with Crippen LogP contribution >= 0.6 is 11.6 Å². The number of hydrogen-bond donors (Lipinski definition) is 2. The summed E-state index contributed by atoms with van der Waals surface area (Å²) in [5.74, 6) is 0. The zero-order chi connectivity index (χ0) is 27.2. The Morgan fingerprint density at radius 3 is 2.53 bits per heavy atom. The molecule has 5 rings (SSSR count). The van der Waals surface area contributed by atoms with Gasteiger partial charge < -0.3 is 14.7 Å². The van der Waals surface area contributed by atoms with Crippen LogP contribution in [-0.4, -0.2) is 43.8 Å². The van der Waals surface area contributed by atoms with E-state index >= 15 is 0 Å². The average molecular weight is 552 g/mol. The number of aliphatic hydroxyl groups is 1. The minimum atomic E-state index is -4.20. The summed E-state index contributed by atoms with van der Waals surface area (Å²) in [6.07, 6.45) is 7.89. The molecule has 1 aliphatic rings. The van der Waals surface area contributed by atoms with Crippen molar-refractivity contribution in [3.63, 3.8) is 0 Å². The molecule has 3 aromatic heterocycles. The van der Waals surface area contributed by atoms with Crippen molar-refractivity contribution in [3.05, 3.63) is 111 Å². The lowest BCUT2D eigenvalue weighted by molar-refractivity contribution is 0.274. The number of benzene rings is 1. The number of nitrogens with one attached hydrogen (secondary N) is 1. The summed E-state index contributed by atoms with van der Waals surface area (Å²) in [5.41, 5.74) is 2.47. The van der Waals surface area contributed by atoms with Gasteiger partial charge in [0, 0.05) is 42.2 Å². The molecule has 196 valence electrons. The van der Waals surface area contributed by atoms with Crippen LogP contribution in [0.15, 0.2) is 94.4 Å². The van der Waals surface area contributed by atoms with Crippen molar-refractivity contribution in [1.82, 2.24) is 13.5 Å². The second kappa shape index (κ2) is 9.58. The van der Waals surface area contributed by atoms with E-state index in [1.54, 1.807) is 44.3 Å². The largest absolute Gasteiger partial charge is 0.395 e. The third-order valence-corrected chi connectivity index (χ3v) is 10.4. The van der Waals surface area contributed by atoms with Crippen molar-refractivity contribution < 1.29 is 13.5 Å². The number of aromatic nitrogens is 3. The molecule has 0 spiro atoms. The maximum atomic E-state index is 14.0. The summed E-state index contributed by atoms with van der Waals surface area (Å²) in [6, 6.07) is 14.2. The lowest BCUT2D eigenvalue weighted by Crippen LogP contribution is -2.48. The van der Waals surface area contributed by atoms with E-state index in [-0.39, 0.29) is 24.2 Å². The Hall–Kier alpha value is -3.66. The Kier molecular flexibility index (Phi) is 6.54. The molecule has 0 amide bonds. The fraction of sp³-hybridized carbons (Fsp3) is 0.214. The second-order valence-corrected chi connectivity index (χ2v) is 12.1. The topological polar surface area (TPSA) is 114 Å². The molecule has 0 bridgehead atoms. The molecule has 2 unspecified atom stereocenters. The molecule has 1 aromatic carbocycles. The van der Waals surface area contributed by atoms with Crippen LogP contribution in [0.4, 0.5) is 0 Å². The molecule has 1 aliphatic carbocycles. The maximum Gasteiger partial charge on any atom is 0.273 e. The number of aliphatic hydroxyl groups excluding tert-OH is 1. The summed E-state index contributed by atoms with van der Waals surface area (Å²) in [7, 11) is -4.20. The summed E-state index contributed by atoms with van der Waals surface area (Å²) in [6.45, 7) is 3.18. The molecule has 2 atom stereocenters. The molecule has 8 nitrogen and oxygen atoms in total. The number of halogens is 1. The Balaban J connectivity index is 1.66. The first-order valence-corrected chi connectivity index (χ1v) is 13.9. The van der Waals surface area contributed by atoms with Crippen LogP contribution in [0.1, 0.15) is 19.4 Å². The van der Waals surface area contributed by atoms with Crippen LogP contribution in [0.5, 0.6) is 0 Å². The van der Waals surface area contributed by atoms with Crippen LogP contribution in [0.3, 0.4) is 0 Å². The van der Waals surface area contributed by atoms with Crippen LogP contribution in [0.2, 0.25) is 0 Å². The molecular formula is C28H26ClN3O5S. The predicted octanol–water partition coefficient (Wildman–Crippen LogP) is 3.74. The quantitative estimate of drug-likeness (QED) is 0.354. The van der Waals surface area contributed by atoms with Gasteiger partial charge in [0.15, 0.2) is 0 Å². The van der Waals surface area contributed by atoms with Gasteiger partial charge in [0.2, 0.25) is 10.0 Å². The lowest BCUT2D eigenvalue weighted by Gasteiger charge is -2.37. The van der Waals surface area contributed by atoms with Crippen LogP contribution in [0, 0.1) is 0 Å². The Morgan fingerprint density at radius 1 is 1.11 bits per heavy atom. The first kappa shape index (κ1) is 26.0. The molecule has 0 fully saturated rings. The molecule has 0 saturated heterocycles.